The minimum atomic E-state index is -2.42. The molecule has 9 heteroatoms. The quantitative estimate of drug-likeness (QED) is 0.364. The lowest BCUT2D eigenvalue weighted by molar-refractivity contribution is -0.136. The Labute approximate surface area is 121 Å². The highest BCUT2D eigenvalue weighted by Gasteiger charge is 2.57. The summed E-state index contributed by atoms with van der Waals surface area (Å²) in [6.07, 6.45) is 0.749. The van der Waals surface area contributed by atoms with E-state index in [0.29, 0.717) is 13.0 Å². The number of benzene rings is 1. The van der Waals surface area contributed by atoms with Crippen molar-refractivity contribution in [2.75, 3.05) is 11.6 Å². The molecule has 0 bridgehead atoms. The molecular weight excluding hydrogens is 295 g/mol. The predicted octanol–water partition coefficient (Wildman–Crippen LogP) is 0.690. The zero-order valence-corrected chi connectivity index (χ0v) is 12.0. The number of nitrogens with one attached hydrogen (secondary N) is 1. The van der Waals surface area contributed by atoms with Crippen molar-refractivity contribution in [1.29, 1.82) is 0 Å². The summed E-state index contributed by atoms with van der Waals surface area (Å²) in [6, 6.07) is 5.98. The van der Waals surface area contributed by atoms with Crippen LogP contribution in [0.2, 0.25) is 0 Å². The maximum Gasteiger partial charge on any atom is 0.492 e. The van der Waals surface area contributed by atoms with E-state index in [-0.39, 0.29) is 17.7 Å². The Balaban J connectivity index is 2.26. The minimum absolute atomic E-state index is 0.0442. The lowest BCUT2D eigenvalue weighted by atomic mass is 10.1. The first-order valence-electron chi connectivity index (χ1n) is 6.28. The van der Waals surface area contributed by atoms with E-state index in [4.69, 9.17) is 16.7 Å². The number of hydrazine groups is 1. The van der Waals surface area contributed by atoms with Crippen LogP contribution < -0.4 is 16.7 Å². The zero-order valence-electron chi connectivity index (χ0n) is 11.2. The fourth-order valence-corrected chi connectivity index (χ4v) is 3.42. The summed E-state index contributed by atoms with van der Waals surface area (Å²) < 4.78 is 12.4. The van der Waals surface area contributed by atoms with Crippen LogP contribution in [0.4, 0.5) is 5.69 Å². The third-order valence-electron chi connectivity index (χ3n) is 3.33. The molecule has 1 saturated heterocycles. The Morgan fingerprint density at radius 1 is 1.43 bits per heavy atom. The van der Waals surface area contributed by atoms with E-state index in [9.17, 15) is 14.2 Å². The van der Waals surface area contributed by atoms with Gasteiger partial charge >= 0.3 is 25.1 Å². The van der Waals surface area contributed by atoms with Crippen LogP contribution in [0.25, 0.3) is 0 Å². The molecule has 1 aliphatic rings. The van der Waals surface area contributed by atoms with Crippen LogP contribution in [-0.2, 0) is 9.36 Å². The third kappa shape index (κ3) is 2.87. The lowest BCUT2D eigenvalue weighted by Gasteiger charge is -2.29. The van der Waals surface area contributed by atoms with Gasteiger partial charge in [-0.3, -0.25) is 15.5 Å². The molecule has 1 heterocycles. The molecule has 2 atom stereocenters. The topological polar surface area (TPSA) is 139 Å². The molecule has 2 rings (SSSR count). The predicted molar refractivity (Wildman–Crippen MR) is 76.7 cm³/mol. The molecule has 112 valence electrons. The van der Waals surface area contributed by atoms with E-state index in [2.05, 4.69) is 5.09 Å². The number of nitrogens with zero attached hydrogens (tertiary/aromatic N) is 1. The number of hydrogen-bond acceptors (Lipinski definition) is 5. The second-order valence-corrected chi connectivity index (χ2v) is 6.39. The molecule has 1 aliphatic heterocycles. The standard InChI is InChI=1S/C12H15N4O4P/c13-12(6-3-7-16(14)11(12)19)21(20)15-9-5-2-1-4-8(9)10(17)18/h1-2,4-5H,3,6-7,13-14H2,(H-,15,17,18,20)/p+1/t12-/m0/s1. The summed E-state index contributed by atoms with van der Waals surface area (Å²) in [5, 5.41) is 11.0. The van der Waals surface area contributed by atoms with Crippen molar-refractivity contribution >= 4 is 25.5 Å². The number of piperidine rings is 1. The Morgan fingerprint density at radius 2 is 2.10 bits per heavy atom. The van der Waals surface area contributed by atoms with Gasteiger partial charge in [0, 0.05) is 13.0 Å². The van der Waals surface area contributed by atoms with Gasteiger partial charge in [-0.05, 0) is 23.1 Å². The summed E-state index contributed by atoms with van der Waals surface area (Å²) in [5.41, 5.74) is 6.05. The average Bonchev–Trinajstić information content (AvgIpc) is 2.45. The van der Waals surface area contributed by atoms with Crippen molar-refractivity contribution in [2.24, 2.45) is 11.6 Å². The first-order valence-corrected chi connectivity index (χ1v) is 7.54. The van der Waals surface area contributed by atoms with Gasteiger partial charge in [0.1, 0.15) is 0 Å². The molecule has 6 N–H and O–H groups in total. The number of anilines is 1. The fraction of sp³-hybridized carbons (Fsp3) is 0.333. The highest BCUT2D eigenvalue weighted by atomic mass is 31.1. The third-order valence-corrected chi connectivity index (χ3v) is 4.91. The van der Waals surface area contributed by atoms with Gasteiger partial charge in [0.2, 0.25) is 0 Å². The second-order valence-electron chi connectivity index (χ2n) is 4.78. The molecule has 1 fully saturated rings. The Kier molecular flexibility index (Phi) is 4.22. The van der Waals surface area contributed by atoms with Gasteiger partial charge in [0.15, 0.2) is 0 Å². The van der Waals surface area contributed by atoms with Gasteiger partial charge < -0.3 is 5.11 Å². The minimum Gasteiger partial charge on any atom is -0.478 e. The molecular formula is C12H16N4O4P+. The smallest absolute Gasteiger partial charge is 0.478 e. The molecule has 1 aromatic carbocycles. The van der Waals surface area contributed by atoms with E-state index >= 15 is 0 Å². The van der Waals surface area contributed by atoms with Crippen molar-refractivity contribution in [3.63, 3.8) is 0 Å². The van der Waals surface area contributed by atoms with Gasteiger partial charge in [0.05, 0.1) is 11.3 Å². The van der Waals surface area contributed by atoms with Crippen LogP contribution in [0.1, 0.15) is 23.2 Å². The molecule has 1 aromatic rings. The van der Waals surface area contributed by atoms with E-state index in [0.717, 1.165) is 5.01 Å². The normalized spacial score (nSPS) is 22.9. The van der Waals surface area contributed by atoms with Gasteiger partial charge in [-0.15, -0.1) is 0 Å². The number of carbonyl (C=O) groups is 2. The fourth-order valence-electron chi connectivity index (χ4n) is 2.14. The molecule has 0 radical (unpaired) electrons. The van der Waals surface area contributed by atoms with Gasteiger partial charge in [0.25, 0.3) is 0 Å². The van der Waals surface area contributed by atoms with Crippen molar-refractivity contribution in [2.45, 2.75) is 18.1 Å². The molecule has 0 aliphatic carbocycles. The number of amides is 1. The van der Waals surface area contributed by atoms with Crippen LogP contribution in [-0.4, -0.2) is 33.8 Å². The molecule has 1 amide bonds. The van der Waals surface area contributed by atoms with Crippen LogP contribution in [0, 0.1) is 0 Å². The summed E-state index contributed by atoms with van der Waals surface area (Å²) in [6.45, 7) is 0.354. The molecule has 21 heavy (non-hydrogen) atoms. The Bertz CT molecular complexity index is 609. The van der Waals surface area contributed by atoms with Gasteiger partial charge in [-0.1, -0.05) is 12.1 Å². The van der Waals surface area contributed by atoms with Crippen molar-refractivity contribution in [3.8, 4) is 0 Å². The Hall–Kier alpha value is -2.02. The van der Waals surface area contributed by atoms with Crippen molar-refractivity contribution in [1.82, 2.24) is 5.01 Å². The zero-order chi connectivity index (χ0) is 15.6. The van der Waals surface area contributed by atoms with Crippen LogP contribution >= 0.6 is 7.95 Å². The van der Waals surface area contributed by atoms with E-state index < -0.39 is 25.1 Å². The number of carbonyl (C=O) groups excluding carboxylic acids is 1. The average molecular weight is 311 g/mol. The summed E-state index contributed by atoms with van der Waals surface area (Å²) in [7, 11) is -2.42. The number of carboxylic acid groups (broad SMARTS) is 1. The molecule has 8 nitrogen and oxygen atoms in total. The monoisotopic (exact) mass is 311 g/mol. The highest BCUT2D eigenvalue weighted by Crippen LogP contribution is 2.42. The van der Waals surface area contributed by atoms with Gasteiger partial charge in [-0.25, -0.2) is 10.6 Å². The number of rotatable bonds is 4. The summed E-state index contributed by atoms with van der Waals surface area (Å²) in [4.78, 5) is 23.1. The number of carboxylic acids is 1. The number of aromatic carboxylic acids is 1. The largest absolute Gasteiger partial charge is 0.492 e. The molecule has 0 saturated carbocycles. The molecule has 0 aromatic heterocycles. The van der Waals surface area contributed by atoms with Crippen LogP contribution in [0.15, 0.2) is 24.3 Å². The highest BCUT2D eigenvalue weighted by molar-refractivity contribution is 7.49. The lowest BCUT2D eigenvalue weighted by Crippen LogP contribution is -2.59. The van der Waals surface area contributed by atoms with Gasteiger partial charge in [-0.2, -0.15) is 5.09 Å². The van der Waals surface area contributed by atoms with E-state index in [1.807, 2.05) is 0 Å². The van der Waals surface area contributed by atoms with Crippen molar-refractivity contribution < 1.29 is 19.3 Å². The number of hydrogen-bond donors (Lipinski definition) is 4. The summed E-state index contributed by atoms with van der Waals surface area (Å²) >= 11 is 0. The molecule has 1 unspecified atom stereocenters. The van der Waals surface area contributed by atoms with Crippen LogP contribution in [0.3, 0.4) is 0 Å². The Morgan fingerprint density at radius 3 is 2.76 bits per heavy atom. The maximum atomic E-state index is 12.4. The van der Waals surface area contributed by atoms with E-state index in [1.54, 1.807) is 12.1 Å². The SMILES string of the molecule is NN1CCC[C@](N)([P+](=O)Nc2ccccc2C(=O)O)C1=O. The molecule has 0 spiro atoms. The first-order chi connectivity index (χ1) is 9.86. The maximum absolute atomic E-state index is 12.4. The summed E-state index contributed by atoms with van der Waals surface area (Å²) in [5.74, 6) is 3.74. The number of para-hydroxylation sites is 1. The first kappa shape index (κ1) is 15.4. The number of nitrogens with two attached hydrogens (primary N) is 2. The van der Waals surface area contributed by atoms with Crippen molar-refractivity contribution in [3.05, 3.63) is 29.8 Å². The van der Waals surface area contributed by atoms with E-state index in [1.165, 1.54) is 12.1 Å². The van der Waals surface area contributed by atoms with Crippen LogP contribution in [0.5, 0.6) is 0 Å². The second kappa shape index (κ2) is 5.77.